The van der Waals surface area contributed by atoms with Crippen molar-refractivity contribution in [1.82, 2.24) is 15.5 Å². The molecule has 0 unspecified atom stereocenters. The SMILES string of the molecule is C=C(C(=C)N1CCC(C(=N)/C=C\NC)CC1)/C(C)=C(/N)NC1(C)CC1. The van der Waals surface area contributed by atoms with Crippen LogP contribution in [0.1, 0.15) is 39.5 Å². The third-order valence-corrected chi connectivity index (χ3v) is 5.39. The van der Waals surface area contributed by atoms with Crippen LogP contribution in [0.15, 0.2) is 48.1 Å². The van der Waals surface area contributed by atoms with Crippen molar-refractivity contribution in [2.24, 2.45) is 11.7 Å². The van der Waals surface area contributed by atoms with Crippen LogP contribution in [-0.2, 0) is 0 Å². The molecule has 0 spiro atoms. The predicted octanol–water partition coefficient (Wildman–Crippen LogP) is 2.85. The largest absolute Gasteiger partial charge is 0.394 e. The number of allylic oxidation sites excluding steroid dienone is 2. The molecule has 1 aliphatic heterocycles. The lowest BCUT2D eigenvalue weighted by molar-refractivity contribution is 0.265. The zero-order chi connectivity index (χ0) is 18.6. The fourth-order valence-electron chi connectivity index (χ4n) is 3.07. The second-order valence-electron chi connectivity index (χ2n) is 7.49. The van der Waals surface area contributed by atoms with E-state index in [0.717, 1.165) is 55.6 Å². The molecule has 1 saturated carbocycles. The highest BCUT2D eigenvalue weighted by Gasteiger charge is 2.37. The molecule has 0 aromatic rings. The van der Waals surface area contributed by atoms with E-state index in [9.17, 15) is 0 Å². The van der Waals surface area contributed by atoms with E-state index >= 15 is 0 Å². The fourth-order valence-corrected chi connectivity index (χ4v) is 3.07. The average Bonchev–Trinajstić information content (AvgIpc) is 3.34. The summed E-state index contributed by atoms with van der Waals surface area (Å²) < 4.78 is 0. The molecule has 0 atom stereocenters. The van der Waals surface area contributed by atoms with E-state index in [2.05, 4.69) is 35.6 Å². The zero-order valence-corrected chi connectivity index (χ0v) is 15.9. The number of rotatable bonds is 8. The zero-order valence-electron chi connectivity index (χ0n) is 15.9. The Bertz CT molecular complexity index is 602. The fraction of sp³-hybridized carbons (Fsp3) is 0.550. The van der Waals surface area contributed by atoms with Gasteiger partial charge in [0.05, 0.1) is 0 Å². The summed E-state index contributed by atoms with van der Waals surface area (Å²) in [5.41, 5.74) is 9.90. The van der Waals surface area contributed by atoms with Crippen LogP contribution in [0.25, 0.3) is 0 Å². The maximum Gasteiger partial charge on any atom is 0.100 e. The Kier molecular flexibility index (Phi) is 5.98. The minimum atomic E-state index is 0.159. The van der Waals surface area contributed by atoms with Crippen molar-refractivity contribution < 1.29 is 0 Å². The van der Waals surface area contributed by atoms with Crippen molar-refractivity contribution in [2.45, 2.75) is 45.1 Å². The second kappa shape index (κ2) is 7.81. The Morgan fingerprint density at radius 2 is 1.88 bits per heavy atom. The molecule has 1 aliphatic carbocycles. The highest BCUT2D eigenvalue weighted by atomic mass is 15.1. The van der Waals surface area contributed by atoms with Gasteiger partial charge in [0.1, 0.15) is 5.82 Å². The minimum absolute atomic E-state index is 0.159. The summed E-state index contributed by atoms with van der Waals surface area (Å²) in [7, 11) is 1.85. The van der Waals surface area contributed by atoms with Crippen LogP contribution in [0.4, 0.5) is 0 Å². The summed E-state index contributed by atoms with van der Waals surface area (Å²) >= 11 is 0. The number of hydrogen-bond donors (Lipinski definition) is 4. The smallest absolute Gasteiger partial charge is 0.100 e. The average molecular weight is 344 g/mol. The monoisotopic (exact) mass is 343 g/mol. The molecule has 5 heteroatoms. The van der Waals surface area contributed by atoms with Crippen molar-refractivity contribution in [1.29, 1.82) is 5.41 Å². The van der Waals surface area contributed by atoms with Gasteiger partial charge in [0.2, 0.25) is 0 Å². The van der Waals surface area contributed by atoms with Crippen LogP contribution >= 0.6 is 0 Å². The van der Waals surface area contributed by atoms with Gasteiger partial charge >= 0.3 is 0 Å². The van der Waals surface area contributed by atoms with Gasteiger partial charge in [-0.1, -0.05) is 13.2 Å². The molecule has 5 N–H and O–H groups in total. The number of hydrogen-bond acceptors (Lipinski definition) is 5. The maximum absolute atomic E-state index is 8.14. The van der Waals surface area contributed by atoms with Crippen molar-refractivity contribution >= 4 is 5.71 Å². The quantitative estimate of drug-likeness (QED) is 0.404. The lowest BCUT2D eigenvalue weighted by Crippen LogP contribution is -2.36. The number of nitrogens with one attached hydrogen (secondary N) is 3. The number of likely N-dealkylation sites (tertiary alicyclic amines) is 1. The highest BCUT2D eigenvalue weighted by Crippen LogP contribution is 2.35. The van der Waals surface area contributed by atoms with E-state index in [1.807, 2.05) is 26.2 Å². The van der Waals surface area contributed by atoms with Crippen molar-refractivity contribution in [3.05, 3.63) is 48.1 Å². The van der Waals surface area contributed by atoms with Gasteiger partial charge in [-0.2, -0.15) is 0 Å². The first-order chi connectivity index (χ1) is 11.8. The summed E-state index contributed by atoms with van der Waals surface area (Å²) in [6.45, 7) is 14.5. The minimum Gasteiger partial charge on any atom is -0.394 e. The predicted molar refractivity (Wildman–Crippen MR) is 106 cm³/mol. The Balaban J connectivity index is 1.91. The molecule has 1 saturated heterocycles. The molecule has 2 fully saturated rings. The van der Waals surface area contributed by atoms with E-state index in [1.54, 1.807) is 0 Å². The Labute approximate surface area is 152 Å². The van der Waals surface area contributed by atoms with Gasteiger partial charge in [0.25, 0.3) is 0 Å². The van der Waals surface area contributed by atoms with Crippen LogP contribution in [0.5, 0.6) is 0 Å². The molecule has 0 aromatic heterocycles. The highest BCUT2D eigenvalue weighted by molar-refractivity contribution is 5.94. The summed E-state index contributed by atoms with van der Waals surface area (Å²) in [6.07, 6.45) is 7.93. The van der Waals surface area contributed by atoms with Gasteiger partial charge < -0.3 is 26.7 Å². The first-order valence-electron chi connectivity index (χ1n) is 9.07. The van der Waals surface area contributed by atoms with Crippen LogP contribution in [0.3, 0.4) is 0 Å². The Morgan fingerprint density at radius 3 is 2.40 bits per heavy atom. The Hall–Kier alpha value is -2.17. The summed E-state index contributed by atoms with van der Waals surface area (Å²) in [5.74, 6) is 1.03. The number of nitrogens with two attached hydrogens (primary N) is 1. The Morgan fingerprint density at radius 1 is 1.28 bits per heavy atom. The van der Waals surface area contributed by atoms with Crippen molar-refractivity contribution in [3.63, 3.8) is 0 Å². The number of nitrogens with zero attached hydrogens (tertiary/aromatic N) is 1. The maximum atomic E-state index is 8.14. The molecule has 0 bridgehead atoms. The summed E-state index contributed by atoms with van der Waals surface area (Å²) in [6, 6.07) is 0. The van der Waals surface area contributed by atoms with Crippen molar-refractivity contribution in [2.75, 3.05) is 20.1 Å². The molecular weight excluding hydrogens is 310 g/mol. The molecule has 2 rings (SSSR count). The molecule has 5 nitrogen and oxygen atoms in total. The first kappa shape index (κ1) is 19.2. The van der Waals surface area contributed by atoms with Crippen LogP contribution < -0.4 is 16.4 Å². The molecule has 138 valence electrons. The van der Waals surface area contributed by atoms with Gasteiger partial charge in [-0.25, -0.2) is 0 Å². The molecule has 0 aromatic carbocycles. The standard InChI is InChI=1S/C20H33N5/c1-14(15(2)19(22)24-20(4)9-10-20)16(3)25-12-7-17(8-13-25)18(21)6-11-23-5/h6,11,17,21,23-24H,1,3,7-10,12-13,22H2,2,4-5H3/b11-6-,19-15-,21-18?. The topological polar surface area (TPSA) is 77.2 Å². The summed E-state index contributed by atoms with van der Waals surface area (Å²) in [4.78, 5) is 2.27. The molecular formula is C20H33N5. The van der Waals surface area contributed by atoms with Gasteiger partial charge in [0.15, 0.2) is 0 Å². The van der Waals surface area contributed by atoms with Crippen molar-refractivity contribution in [3.8, 4) is 0 Å². The molecule has 25 heavy (non-hydrogen) atoms. The van der Waals surface area contributed by atoms with Gasteiger partial charge in [-0.15, -0.1) is 0 Å². The van der Waals surface area contributed by atoms with Gasteiger partial charge in [-0.05, 0) is 63.0 Å². The first-order valence-corrected chi connectivity index (χ1v) is 9.07. The van der Waals surface area contributed by atoms with E-state index in [4.69, 9.17) is 11.1 Å². The lowest BCUT2D eigenvalue weighted by Gasteiger charge is -2.35. The van der Waals surface area contributed by atoms with Crippen LogP contribution in [0, 0.1) is 11.3 Å². The second-order valence-corrected chi connectivity index (χ2v) is 7.49. The molecule has 1 heterocycles. The summed E-state index contributed by atoms with van der Waals surface area (Å²) in [5, 5.41) is 14.5. The van der Waals surface area contributed by atoms with Gasteiger partial charge in [0, 0.05) is 43.0 Å². The third kappa shape index (κ3) is 4.91. The molecule has 2 aliphatic rings. The van der Waals surface area contributed by atoms with E-state index in [-0.39, 0.29) is 5.54 Å². The number of piperidine rings is 1. The molecule has 0 amide bonds. The van der Waals surface area contributed by atoms with Gasteiger partial charge in [-0.3, -0.25) is 0 Å². The van der Waals surface area contributed by atoms with E-state index in [1.165, 1.54) is 0 Å². The van der Waals surface area contributed by atoms with Crippen LogP contribution in [-0.4, -0.2) is 36.3 Å². The third-order valence-electron chi connectivity index (χ3n) is 5.39. The van der Waals surface area contributed by atoms with E-state index < -0.39 is 0 Å². The van der Waals surface area contributed by atoms with E-state index in [0.29, 0.717) is 17.5 Å². The van der Waals surface area contributed by atoms with Crippen LogP contribution in [0.2, 0.25) is 0 Å². The normalized spacial score (nSPS) is 20.8. The molecule has 0 radical (unpaired) electrons. The lowest BCUT2D eigenvalue weighted by atomic mass is 9.91.